The molecular formula is C40H38Cl4N4Ru2-2. The van der Waals surface area contributed by atoms with Crippen molar-refractivity contribution in [2.45, 2.75) is 20.8 Å². The van der Waals surface area contributed by atoms with Gasteiger partial charge in [0.05, 0.1) is 22.1 Å². The van der Waals surface area contributed by atoms with Gasteiger partial charge in [-0.25, -0.2) is 0 Å². The fourth-order valence-corrected chi connectivity index (χ4v) is 6.53. The maximum Gasteiger partial charge on any atom is 0.0964 e. The first-order valence-corrected chi connectivity index (χ1v) is 25.2. The minimum Gasteiger partial charge on any atom is -0.254 e. The minimum atomic E-state index is -1.74. The topological polar surface area (TPSA) is 51.6 Å². The predicted octanol–water partition coefficient (Wildman–Crippen LogP) is 12.4. The molecule has 50 heavy (non-hydrogen) atoms. The molecule has 0 saturated carbocycles. The van der Waals surface area contributed by atoms with Crippen LogP contribution in [0.4, 0.5) is 0 Å². The number of aromatic nitrogens is 4. The molecule has 4 nitrogen and oxygen atoms in total. The van der Waals surface area contributed by atoms with Gasteiger partial charge in [0.15, 0.2) is 0 Å². The SMILES string of the molecule is CC(C)(C)C=[C]=[Ru]([Cl])[Cl].[CH3-].[CH3-].[Cl][Ru]([Cl])=[C]=Cc1ccccc1.c1cnc2c(c1)ccc1cccnc12.c1cnc2c(c1)ccc1cccnc12. The van der Waals surface area contributed by atoms with Crippen molar-refractivity contribution in [3.05, 3.63) is 154 Å². The fraction of sp³-hybridized carbons (Fsp3) is 0.100. The van der Waals surface area contributed by atoms with E-state index in [1.807, 2.05) is 66.7 Å². The largest absolute Gasteiger partial charge is 0.254 e. The quantitative estimate of drug-likeness (QED) is 0.0935. The van der Waals surface area contributed by atoms with Crippen molar-refractivity contribution in [3.8, 4) is 0 Å². The van der Waals surface area contributed by atoms with Crippen molar-refractivity contribution < 1.29 is 27.0 Å². The van der Waals surface area contributed by atoms with E-state index in [1.165, 1.54) is 0 Å². The number of allylic oxidation sites excluding steroid dienone is 1. The second kappa shape index (κ2) is 22.1. The van der Waals surface area contributed by atoms with Crippen LogP contribution in [0.1, 0.15) is 26.3 Å². The monoisotopic (exact) mass is 918 g/mol. The molecule has 0 aliphatic heterocycles. The molecule has 0 aliphatic carbocycles. The molecule has 0 unspecified atom stereocenters. The Balaban J connectivity index is 0.000000232. The average molecular weight is 919 g/mol. The molecule has 264 valence electrons. The molecule has 3 aromatic carbocycles. The van der Waals surface area contributed by atoms with Gasteiger partial charge in [-0.15, -0.1) is 0 Å². The molecule has 10 heteroatoms. The summed E-state index contributed by atoms with van der Waals surface area (Å²) in [6.07, 6.45) is 11.0. The molecule has 0 aliphatic rings. The molecule has 0 fully saturated rings. The molecule has 0 amide bonds. The predicted molar refractivity (Wildman–Crippen MR) is 215 cm³/mol. The van der Waals surface area contributed by atoms with Crippen molar-refractivity contribution in [1.29, 1.82) is 0 Å². The maximum absolute atomic E-state index is 5.59. The Bertz CT molecular complexity index is 2030. The van der Waals surface area contributed by atoms with Crippen LogP contribution in [0.15, 0.2) is 134 Å². The zero-order valence-corrected chi connectivity index (χ0v) is 34.8. The molecule has 0 atom stereocenters. The summed E-state index contributed by atoms with van der Waals surface area (Å²) in [6, 6.07) is 34.1. The normalized spacial score (nSPS) is 10.5. The number of fused-ring (bicyclic) bond motifs is 6. The molecule has 0 saturated heterocycles. The van der Waals surface area contributed by atoms with Crippen molar-refractivity contribution in [1.82, 2.24) is 19.9 Å². The van der Waals surface area contributed by atoms with Gasteiger partial charge in [0.2, 0.25) is 0 Å². The third-order valence-electron chi connectivity index (χ3n) is 6.34. The molecule has 0 spiro atoms. The molecule has 0 N–H and O–H groups in total. The Kier molecular flexibility index (Phi) is 19.0. The van der Waals surface area contributed by atoms with Crippen molar-refractivity contribution in [2.75, 3.05) is 0 Å². The van der Waals surface area contributed by atoms with E-state index in [9.17, 15) is 0 Å². The summed E-state index contributed by atoms with van der Waals surface area (Å²) < 4.78 is 5.85. The first kappa shape index (κ1) is 43.2. The number of pyridine rings is 4. The Morgan fingerprint density at radius 2 is 0.820 bits per heavy atom. The first-order chi connectivity index (χ1) is 23.1. The standard InChI is InChI=1S/2C12H8N2.C8H6.C6H10.2CH3.4ClH.2Ru/c2*1-3-9-5-6-10-4-2-8-14-12(10)11(9)13-7-1;1-2-8-6-4-3-5-7-8;1-5-6(2,3)4;;;;;;;;/h2*1-8H;2-7H;5H,2-4H3;2*1H3;4*1H;;/q;;;;2*-1;;;;;2*+2/p-4. The second-order valence-electron chi connectivity index (χ2n) is 11.1. The van der Waals surface area contributed by atoms with E-state index in [4.69, 9.17) is 38.8 Å². The Morgan fingerprint density at radius 1 is 0.480 bits per heavy atom. The van der Waals surface area contributed by atoms with Gasteiger partial charge in [-0.05, 0) is 24.3 Å². The molecule has 0 bridgehead atoms. The van der Waals surface area contributed by atoms with E-state index in [2.05, 4.69) is 97.8 Å². The van der Waals surface area contributed by atoms with E-state index in [-0.39, 0.29) is 20.3 Å². The summed E-state index contributed by atoms with van der Waals surface area (Å²) in [6.45, 7) is 6.27. The van der Waals surface area contributed by atoms with E-state index in [0.29, 0.717) is 0 Å². The minimum absolute atomic E-state index is 0. The van der Waals surface area contributed by atoms with E-state index in [1.54, 1.807) is 24.8 Å². The summed E-state index contributed by atoms with van der Waals surface area (Å²) in [7, 11) is 22.3. The Morgan fingerprint density at radius 3 is 1.10 bits per heavy atom. The van der Waals surface area contributed by atoms with Gasteiger partial charge in [-0.2, -0.15) is 0 Å². The van der Waals surface area contributed by atoms with Crippen molar-refractivity contribution in [3.63, 3.8) is 0 Å². The summed E-state index contributed by atoms with van der Waals surface area (Å²) in [4.78, 5) is 17.4. The summed E-state index contributed by atoms with van der Waals surface area (Å²) >= 11 is -3.41. The van der Waals surface area contributed by atoms with Crippen LogP contribution in [0.3, 0.4) is 0 Å². The van der Waals surface area contributed by atoms with Crippen LogP contribution >= 0.6 is 38.8 Å². The van der Waals surface area contributed by atoms with E-state index in [0.717, 1.165) is 49.2 Å². The Labute approximate surface area is 321 Å². The zero-order chi connectivity index (χ0) is 34.4. The van der Waals surface area contributed by atoms with Crippen LogP contribution in [0.25, 0.3) is 49.7 Å². The van der Waals surface area contributed by atoms with Crippen LogP contribution in [0.5, 0.6) is 0 Å². The number of rotatable bonds is 1. The third kappa shape index (κ3) is 14.3. The second-order valence-corrected chi connectivity index (χ2v) is 21.8. The van der Waals surface area contributed by atoms with Gasteiger partial charge < -0.3 is 14.9 Å². The van der Waals surface area contributed by atoms with Gasteiger partial charge in [-0.3, -0.25) is 19.9 Å². The molecule has 4 heterocycles. The van der Waals surface area contributed by atoms with Crippen LogP contribution in [0.2, 0.25) is 0 Å². The van der Waals surface area contributed by atoms with Crippen molar-refractivity contribution >= 4 is 97.0 Å². The molecular weight excluding hydrogens is 880 g/mol. The summed E-state index contributed by atoms with van der Waals surface area (Å²) in [5.41, 5.74) is 5.16. The van der Waals surface area contributed by atoms with Crippen LogP contribution in [0, 0.1) is 20.3 Å². The third-order valence-corrected chi connectivity index (χ3v) is 9.43. The summed E-state index contributed by atoms with van der Waals surface area (Å²) in [5, 5.41) is 4.55. The number of benzene rings is 3. The molecule has 0 radical (unpaired) electrons. The van der Waals surface area contributed by atoms with Gasteiger partial charge in [0, 0.05) is 46.3 Å². The Hall–Kier alpha value is -2.99. The number of hydrogen-bond donors (Lipinski definition) is 0. The van der Waals surface area contributed by atoms with Crippen LogP contribution in [-0.2, 0) is 27.0 Å². The van der Waals surface area contributed by atoms with Gasteiger partial charge in [-0.1, -0.05) is 48.5 Å². The number of nitrogens with zero attached hydrogens (tertiary/aromatic N) is 4. The average Bonchev–Trinajstić information content (AvgIpc) is 3.11. The first-order valence-electron chi connectivity index (χ1n) is 14.5. The number of hydrogen-bond acceptors (Lipinski definition) is 4. The molecule has 7 aromatic rings. The van der Waals surface area contributed by atoms with Crippen LogP contribution in [-0.4, -0.2) is 28.5 Å². The number of halogens is 4. The molecule has 7 rings (SSSR count). The summed E-state index contributed by atoms with van der Waals surface area (Å²) in [5.74, 6) is 0. The fourth-order valence-electron chi connectivity index (χ4n) is 4.20. The zero-order valence-electron chi connectivity index (χ0n) is 28.3. The van der Waals surface area contributed by atoms with Gasteiger partial charge in [0.25, 0.3) is 0 Å². The van der Waals surface area contributed by atoms with Crippen LogP contribution < -0.4 is 0 Å². The molecule has 4 aromatic heterocycles. The maximum atomic E-state index is 5.59. The van der Waals surface area contributed by atoms with E-state index >= 15 is 0 Å². The smallest absolute Gasteiger partial charge is 0.0964 e. The van der Waals surface area contributed by atoms with Crippen molar-refractivity contribution in [2.24, 2.45) is 5.41 Å². The van der Waals surface area contributed by atoms with Gasteiger partial charge >= 0.3 is 149 Å². The van der Waals surface area contributed by atoms with E-state index < -0.39 is 27.0 Å². The van der Waals surface area contributed by atoms with Gasteiger partial charge in [0.1, 0.15) is 0 Å².